The molecule has 2 rings (SSSR count). The summed E-state index contributed by atoms with van der Waals surface area (Å²) in [6.45, 7) is 4.35. The van der Waals surface area contributed by atoms with Gasteiger partial charge in [0, 0.05) is 30.8 Å². The molecule has 1 aromatic carbocycles. The lowest BCUT2D eigenvalue weighted by atomic mass is 10.2. The molecule has 146 valence electrons. The Morgan fingerprint density at radius 3 is 2.58 bits per heavy atom. The Balaban J connectivity index is 1.69. The van der Waals surface area contributed by atoms with Gasteiger partial charge in [0.25, 0.3) is 0 Å². The van der Waals surface area contributed by atoms with Gasteiger partial charge < -0.3 is 9.87 Å². The van der Waals surface area contributed by atoms with E-state index < -0.39 is 26.4 Å². The smallest absolute Gasteiger partial charge is 0.224 e. The number of unbranched alkanes of at least 4 members (excludes halogenated alkanes) is 1. The highest BCUT2D eigenvalue weighted by atomic mass is 32.2. The third kappa shape index (κ3) is 6.24. The van der Waals surface area contributed by atoms with Crippen molar-refractivity contribution in [3.63, 3.8) is 0 Å². The van der Waals surface area contributed by atoms with Crippen molar-refractivity contribution in [1.82, 2.24) is 10.0 Å². The summed E-state index contributed by atoms with van der Waals surface area (Å²) in [5.41, 5.74) is 1.65. The molecule has 1 aliphatic rings. The molecule has 0 spiro atoms. The number of hydrogen-bond donors (Lipinski definition) is 3. The van der Waals surface area contributed by atoms with Crippen molar-refractivity contribution in [1.29, 1.82) is 0 Å². The highest BCUT2D eigenvalue weighted by Gasteiger charge is 2.29. The Morgan fingerprint density at radius 1 is 1.31 bits per heavy atom. The maximum Gasteiger partial charge on any atom is 0.224 e. The summed E-state index contributed by atoms with van der Waals surface area (Å²) >= 11 is -0.892. The molecule has 2 unspecified atom stereocenters. The van der Waals surface area contributed by atoms with Gasteiger partial charge in [-0.1, -0.05) is 12.1 Å². The largest absolute Gasteiger partial charge is 0.615 e. The number of sulfonamides is 1. The molecule has 1 amide bonds. The van der Waals surface area contributed by atoms with Crippen LogP contribution in [0.1, 0.15) is 44.0 Å². The number of amides is 1. The Kier molecular flexibility index (Phi) is 7.90. The normalized spacial score (nSPS) is 20.5. The van der Waals surface area contributed by atoms with Crippen LogP contribution in [0.4, 0.5) is 5.69 Å². The topological polar surface area (TPSA) is 110 Å². The molecule has 0 saturated carbocycles. The second-order valence-corrected chi connectivity index (χ2v) is 10.5. The number of rotatable bonds is 9. The fraction of sp³-hybridized carbons (Fsp3) is 0.588. The summed E-state index contributed by atoms with van der Waals surface area (Å²) in [6, 6.07) is 7.36. The fourth-order valence-electron chi connectivity index (χ4n) is 2.53. The van der Waals surface area contributed by atoms with Crippen LogP contribution in [0.25, 0.3) is 0 Å². The summed E-state index contributed by atoms with van der Waals surface area (Å²) in [5, 5.41) is 5.44. The van der Waals surface area contributed by atoms with Gasteiger partial charge in [-0.15, -0.1) is 0 Å². The summed E-state index contributed by atoms with van der Waals surface area (Å²) in [7, 11) is -3.24. The summed E-state index contributed by atoms with van der Waals surface area (Å²) in [4.78, 5) is 12.0. The fourth-order valence-corrected chi connectivity index (χ4v) is 4.61. The van der Waals surface area contributed by atoms with Gasteiger partial charge in [-0.2, -0.15) is 0 Å². The highest BCUT2D eigenvalue weighted by molar-refractivity contribution is 7.91. The molecule has 0 aromatic heterocycles. The van der Waals surface area contributed by atoms with Crippen molar-refractivity contribution < 1.29 is 17.8 Å². The Labute approximate surface area is 158 Å². The number of carbonyl (C=O) groups excluding carboxylic acids is 1. The van der Waals surface area contributed by atoms with E-state index in [4.69, 9.17) is 0 Å². The lowest BCUT2D eigenvalue weighted by Crippen LogP contribution is -2.31. The van der Waals surface area contributed by atoms with Crippen LogP contribution < -0.4 is 15.4 Å². The molecular weight excluding hydrogens is 374 g/mol. The summed E-state index contributed by atoms with van der Waals surface area (Å²) in [5.74, 6) is 0.559. The van der Waals surface area contributed by atoms with Gasteiger partial charge in [-0.25, -0.2) is 13.1 Å². The van der Waals surface area contributed by atoms with E-state index in [1.54, 1.807) is 26.0 Å². The van der Waals surface area contributed by atoms with Crippen LogP contribution in [0, 0.1) is 0 Å². The standard InChI is InChI=1S/C17H27N3O4S2/c1-13(2)26(23,24)19-10-4-3-5-16(21)20-15-8-6-14(7-9-15)17-18-11-12-25(17)22/h6-9,13,17-19H,3-5,10-12H2,1-2H3,(H,20,21). The molecule has 1 fully saturated rings. The van der Waals surface area contributed by atoms with Crippen LogP contribution in [-0.2, 0) is 26.0 Å². The van der Waals surface area contributed by atoms with E-state index in [1.165, 1.54) is 0 Å². The zero-order valence-electron chi connectivity index (χ0n) is 15.2. The van der Waals surface area contributed by atoms with Crippen LogP contribution in [0.5, 0.6) is 0 Å². The Hall–Kier alpha value is -1.13. The Bertz CT molecular complexity index is 692. The van der Waals surface area contributed by atoms with Gasteiger partial charge in [0.2, 0.25) is 15.9 Å². The number of anilines is 1. The first-order valence-corrected chi connectivity index (χ1v) is 11.7. The van der Waals surface area contributed by atoms with E-state index in [9.17, 15) is 17.8 Å². The third-order valence-electron chi connectivity index (χ3n) is 4.15. The van der Waals surface area contributed by atoms with Gasteiger partial charge in [0.15, 0.2) is 5.37 Å². The van der Waals surface area contributed by atoms with Crippen molar-refractivity contribution >= 4 is 32.8 Å². The zero-order chi connectivity index (χ0) is 19.2. The number of nitrogens with one attached hydrogen (secondary N) is 3. The predicted molar refractivity (Wildman–Crippen MR) is 105 cm³/mol. The van der Waals surface area contributed by atoms with Crippen LogP contribution in [-0.4, -0.2) is 43.0 Å². The SMILES string of the molecule is CC(C)S(=O)(=O)NCCCCC(=O)Nc1ccc(C2NCC[S+]2[O-])cc1. The molecule has 0 aliphatic carbocycles. The zero-order valence-corrected chi connectivity index (χ0v) is 16.8. The van der Waals surface area contributed by atoms with Crippen LogP contribution >= 0.6 is 0 Å². The van der Waals surface area contributed by atoms with E-state index in [0.29, 0.717) is 37.2 Å². The van der Waals surface area contributed by atoms with Crippen LogP contribution in [0.3, 0.4) is 0 Å². The molecule has 1 heterocycles. The average molecular weight is 402 g/mol. The molecule has 26 heavy (non-hydrogen) atoms. The first-order valence-electron chi connectivity index (χ1n) is 8.78. The molecule has 2 atom stereocenters. The second kappa shape index (κ2) is 9.70. The minimum atomic E-state index is -3.24. The van der Waals surface area contributed by atoms with Crippen molar-refractivity contribution in [2.45, 2.75) is 43.7 Å². The molecule has 7 nitrogen and oxygen atoms in total. The van der Waals surface area contributed by atoms with E-state index in [2.05, 4.69) is 15.4 Å². The second-order valence-electron chi connectivity index (χ2n) is 6.53. The quantitative estimate of drug-likeness (QED) is 0.429. The van der Waals surface area contributed by atoms with Crippen molar-refractivity contribution in [2.24, 2.45) is 0 Å². The minimum Gasteiger partial charge on any atom is -0.615 e. The van der Waals surface area contributed by atoms with E-state index in [-0.39, 0.29) is 11.3 Å². The monoisotopic (exact) mass is 401 g/mol. The first-order chi connectivity index (χ1) is 12.3. The number of benzene rings is 1. The number of carbonyl (C=O) groups is 1. The van der Waals surface area contributed by atoms with Crippen molar-refractivity contribution in [3.8, 4) is 0 Å². The predicted octanol–water partition coefficient (Wildman–Crippen LogP) is 1.47. The average Bonchev–Trinajstić information content (AvgIpc) is 3.01. The maximum atomic E-state index is 12.0. The van der Waals surface area contributed by atoms with Gasteiger partial charge >= 0.3 is 0 Å². The van der Waals surface area contributed by atoms with Crippen LogP contribution in [0.15, 0.2) is 24.3 Å². The summed E-state index contributed by atoms with van der Waals surface area (Å²) < 4.78 is 37.6. The molecular formula is C17H27N3O4S2. The molecule has 1 aromatic rings. The lowest BCUT2D eigenvalue weighted by Gasteiger charge is -2.14. The van der Waals surface area contributed by atoms with Crippen LogP contribution in [0.2, 0.25) is 0 Å². The molecule has 0 radical (unpaired) electrons. The molecule has 1 aliphatic heterocycles. The van der Waals surface area contributed by atoms with E-state index >= 15 is 0 Å². The van der Waals surface area contributed by atoms with Gasteiger partial charge in [0.1, 0.15) is 5.75 Å². The molecule has 3 N–H and O–H groups in total. The van der Waals surface area contributed by atoms with Gasteiger partial charge in [-0.05, 0) is 50.0 Å². The van der Waals surface area contributed by atoms with Gasteiger partial charge in [0.05, 0.1) is 5.25 Å². The number of hydrogen-bond acceptors (Lipinski definition) is 5. The Morgan fingerprint density at radius 2 is 2.00 bits per heavy atom. The van der Waals surface area contributed by atoms with Crippen molar-refractivity contribution in [2.75, 3.05) is 24.2 Å². The summed E-state index contributed by atoms with van der Waals surface area (Å²) in [6.07, 6.45) is 1.55. The maximum absolute atomic E-state index is 12.0. The van der Waals surface area contributed by atoms with Gasteiger partial charge in [-0.3, -0.25) is 10.1 Å². The van der Waals surface area contributed by atoms with Crippen molar-refractivity contribution in [3.05, 3.63) is 29.8 Å². The lowest BCUT2D eigenvalue weighted by molar-refractivity contribution is -0.116. The highest BCUT2D eigenvalue weighted by Crippen LogP contribution is 2.25. The molecule has 9 heteroatoms. The molecule has 1 saturated heterocycles. The van der Waals surface area contributed by atoms with E-state index in [0.717, 1.165) is 12.1 Å². The molecule has 0 bridgehead atoms. The first kappa shape index (κ1) is 21.2. The van der Waals surface area contributed by atoms with E-state index in [1.807, 2.05) is 12.1 Å². The third-order valence-corrected chi connectivity index (χ3v) is 7.57. The minimum absolute atomic E-state index is 0.105.